The molecular formula is C18H25ClN2O2S. The summed E-state index contributed by atoms with van der Waals surface area (Å²) in [5.74, 6) is 0.0917. The van der Waals surface area contributed by atoms with Crippen molar-refractivity contribution in [1.29, 1.82) is 0 Å². The number of esters is 1. The molecule has 0 radical (unpaired) electrons. The first kappa shape index (κ1) is 19.0. The molecule has 0 unspecified atom stereocenters. The minimum absolute atomic E-state index is 0.0682. The monoisotopic (exact) mass is 368 g/mol. The van der Waals surface area contributed by atoms with Crippen LogP contribution in [-0.4, -0.2) is 23.2 Å². The Labute approximate surface area is 154 Å². The molecule has 1 aromatic rings. The van der Waals surface area contributed by atoms with Crippen molar-refractivity contribution in [3.05, 3.63) is 28.8 Å². The van der Waals surface area contributed by atoms with Crippen LogP contribution in [-0.2, 0) is 4.74 Å². The van der Waals surface area contributed by atoms with Crippen LogP contribution in [0.3, 0.4) is 0 Å². The van der Waals surface area contributed by atoms with Crippen molar-refractivity contribution in [2.24, 2.45) is 5.92 Å². The number of carbonyl (C=O) groups is 1. The number of thiocarbonyl (C=S) groups is 1. The molecular weight excluding hydrogens is 344 g/mol. The maximum Gasteiger partial charge on any atom is 0.339 e. The van der Waals surface area contributed by atoms with E-state index in [-0.39, 0.29) is 5.54 Å². The van der Waals surface area contributed by atoms with Gasteiger partial charge in [0.15, 0.2) is 5.11 Å². The summed E-state index contributed by atoms with van der Waals surface area (Å²) >= 11 is 11.7. The van der Waals surface area contributed by atoms with Crippen molar-refractivity contribution < 1.29 is 9.53 Å². The Hall–Kier alpha value is -1.33. The van der Waals surface area contributed by atoms with Gasteiger partial charge in [0.2, 0.25) is 0 Å². The van der Waals surface area contributed by atoms with E-state index in [2.05, 4.69) is 24.5 Å². The largest absolute Gasteiger partial charge is 0.462 e. The molecule has 0 aromatic heterocycles. The fraction of sp³-hybridized carbons (Fsp3) is 0.556. The standard InChI is InChI=1S/C18H25ClN2O2S/c1-4-23-16(22)14-8-7-13(11-15(14)19)20-17(24)21-18(12(2)3)9-5-6-10-18/h7-8,11-12H,4-6,9-10H2,1-3H3,(H2,20,21,24). The molecule has 6 heteroatoms. The quantitative estimate of drug-likeness (QED) is 0.579. The molecule has 4 nitrogen and oxygen atoms in total. The van der Waals surface area contributed by atoms with Gasteiger partial charge in [-0.15, -0.1) is 0 Å². The van der Waals surface area contributed by atoms with Gasteiger partial charge in [-0.1, -0.05) is 38.3 Å². The Morgan fingerprint density at radius 2 is 2.04 bits per heavy atom. The van der Waals surface area contributed by atoms with Crippen LogP contribution in [0.2, 0.25) is 5.02 Å². The van der Waals surface area contributed by atoms with Crippen molar-refractivity contribution in [1.82, 2.24) is 5.32 Å². The van der Waals surface area contributed by atoms with E-state index < -0.39 is 5.97 Å². The van der Waals surface area contributed by atoms with Crippen molar-refractivity contribution in [3.63, 3.8) is 0 Å². The molecule has 0 spiro atoms. The summed E-state index contributed by atoms with van der Waals surface area (Å²) in [6.45, 7) is 6.54. The molecule has 0 amide bonds. The van der Waals surface area contributed by atoms with Crippen molar-refractivity contribution in [2.45, 2.75) is 52.0 Å². The minimum Gasteiger partial charge on any atom is -0.462 e. The summed E-state index contributed by atoms with van der Waals surface area (Å²) in [4.78, 5) is 11.8. The van der Waals surface area contributed by atoms with E-state index in [1.54, 1.807) is 25.1 Å². The maximum absolute atomic E-state index is 11.8. The fourth-order valence-corrected chi connectivity index (χ4v) is 3.79. The highest BCUT2D eigenvalue weighted by Gasteiger charge is 2.37. The molecule has 0 aliphatic heterocycles. The van der Waals surface area contributed by atoms with E-state index in [0.29, 0.717) is 28.2 Å². The van der Waals surface area contributed by atoms with E-state index in [1.807, 2.05) is 0 Å². The second kappa shape index (κ2) is 8.17. The van der Waals surface area contributed by atoms with Gasteiger partial charge in [-0.3, -0.25) is 0 Å². The van der Waals surface area contributed by atoms with Crippen molar-refractivity contribution in [2.75, 3.05) is 11.9 Å². The number of rotatable bonds is 5. The molecule has 1 fully saturated rings. The topological polar surface area (TPSA) is 50.4 Å². The molecule has 24 heavy (non-hydrogen) atoms. The van der Waals surface area contributed by atoms with Gasteiger partial charge < -0.3 is 15.4 Å². The summed E-state index contributed by atoms with van der Waals surface area (Å²) in [6.07, 6.45) is 4.73. The number of hydrogen-bond donors (Lipinski definition) is 2. The summed E-state index contributed by atoms with van der Waals surface area (Å²) in [5.41, 5.74) is 1.18. The highest BCUT2D eigenvalue weighted by molar-refractivity contribution is 7.80. The van der Waals surface area contributed by atoms with Crippen LogP contribution in [0.25, 0.3) is 0 Å². The molecule has 1 aliphatic rings. The number of hydrogen-bond acceptors (Lipinski definition) is 3. The average molecular weight is 369 g/mol. The van der Waals surface area contributed by atoms with Gasteiger partial charge in [0, 0.05) is 11.2 Å². The molecule has 1 aromatic carbocycles. The lowest BCUT2D eigenvalue weighted by atomic mass is 9.85. The molecule has 0 saturated heterocycles. The number of benzene rings is 1. The third-order valence-electron chi connectivity index (χ3n) is 4.69. The van der Waals surface area contributed by atoms with Crippen LogP contribution >= 0.6 is 23.8 Å². The highest BCUT2D eigenvalue weighted by atomic mass is 35.5. The SMILES string of the molecule is CCOC(=O)c1ccc(NC(=S)NC2(C(C)C)CCCC2)cc1Cl. The summed E-state index contributed by atoms with van der Waals surface area (Å²) in [6, 6.07) is 5.13. The predicted molar refractivity (Wildman–Crippen MR) is 103 cm³/mol. The molecule has 1 saturated carbocycles. The van der Waals surface area contributed by atoms with Crippen LogP contribution in [0.4, 0.5) is 5.69 Å². The van der Waals surface area contributed by atoms with Gasteiger partial charge in [0.25, 0.3) is 0 Å². The van der Waals surface area contributed by atoms with Gasteiger partial charge in [-0.25, -0.2) is 4.79 Å². The number of nitrogens with one attached hydrogen (secondary N) is 2. The zero-order chi connectivity index (χ0) is 17.7. The van der Waals surface area contributed by atoms with Crippen LogP contribution in [0.5, 0.6) is 0 Å². The maximum atomic E-state index is 11.8. The second-order valence-electron chi connectivity index (χ2n) is 6.51. The Morgan fingerprint density at radius 3 is 2.58 bits per heavy atom. The fourth-order valence-electron chi connectivity index (χ4n) is 3.21. The van der Waals surface area contributed by atoms with Crippen LogP contribution in [0.1, 0.15) is 56.8 Å². The third kappa shape index (κ3) is 4.39. The zero-order valence-corrected chi connectivity index (χ0v) is 16.0. The normalized spacial score (nSPS) is 16.0. The Kier molecular flexibility index (Phi) is 6.47. The third-order valence-corrected chi connectivity index (χ3v) is 5.20. The summed E-state index contributed by atoms with van der Waals surface area (Å²) < 4.78 is 4.98. The van der Waals surface area contributed by atoms with Crippen molar-refractivity contribution in [3.8, 4) is 0 Å². The van der Waals surface area contributed by atoms with Gasteiger partial charge >= 0.3 is 5.97 Å². The zero-order valence-electron chi connectivity index (χ0n) is 14.4. The Balaban J connectivity index is 2.04. The first-order valence-corrected chi connectivity index (χ1v) is 9.22. The summed E-state index contributed by atoms with van der Waals surface area (Å²) in [7, 11) is 0. The summed E-state index contributed by atoms with van der Waals surface area (Å²) in [5, 5.41) is 7.61. The number of halogens is 1. The molecule has 1 aliphatic carbocycles. The molecule has 2 N–H and O–H groups in total. The first-order chi connectivity index (χ1) is 11.4. The van der Waals surface area contributed by atoms with Gasteiger partial charge in [0.1, 0.15) is 0 Å². The van der Waals surface area contributed by atoms with E-state index >= 15 is 0 Å². The minimum atomic E-state index is -0.417. The smallest absolute Gasteiger partial charge is 0.339 e. The van der Waals surface area contributed by atoms with Gasteiger partial charge in [-0.05, 0) is 56.1 Å². The van der Waals surface area contributed by atoms with E-state index in [4.69, 9.17) is 28.6 Å². The number of carbonyl (C=O) groups excluding carboxylic acids is 1. The van der Waals surface area contributed by atoms with Crippen LogP contribution in [0, 0.1) is 5.92 Å². The first-order valence-electron chi connectivity index (χ1n) is 8.44. The van der Waals surface area contributed by atoms with Gasteiger partial charge in [-0.2, -0.15) is 0 Å². The molecule has 0 bridgehead atoms. The highest BCUT2D eigenvalue weighted by Crippen LogP contribution is 2.36. The van der Waals surface area contributed by atoms with Crippen LogP contribution in [0.15, 0.2) is 18.2 Å². The lowest BCUT2D eigenvalue weighted by Crippen LogP contribution is -2.51. The number of anilines is 1. The lowest BCUT2D eigenvalue weighted by Gasteiger charge is -2.35. The van der Waals surface area contributed by atoms with Gasteiger partial charge in [0.05, 0.1) is 17.2 Å². The van der Waals surface area contributed by atoms with E-state index in [1.165, 1.54) is 12.8 Å². The predicted octanol–water partition coefficient (Wildman–Crippen LogP) is 4.77. The molecule has 2 rings (SSSR count). The lowest BCUT2D eigenvalue weighted by molar-refractivity contribution is 0.0526. The van der Waals surface area contributed by atoms with Crippen molar-refractivity contribution >= 4 is 40.6 Å². The molecule has 0 atom stereocenters. The Bertz CT molecular complexity index is 613. The average Bonchev–Trinajstić information content (AvgIpc) is 2.97. The van der Waals surface area contributed by atoms with E-state index in [0.717, 1.165) is 18.5 Å². The molecule has 0 heterocycles. The number of ether oxygens (including phenoxy) is 1. The second-order valence-corrected chi connectivity index (χ2v) is 7.33. The molecule has 132 valence electrons. The van der Waals surface area contributed by atoms with E-state index in [9.17, 15) is 4.79 Å². The van der Waals surface area contributed by atoms with Crippen LogP contribution < -0.4 is 10.6 Å². The Morgan fingerprint density at radius 1 is 1.38 bits per heavy atom.